The third-order valence-electron chi connectivity index (χ3n) is 11.6. The van der Waals surface area contributed by atoms with E-state index in [2.05, 4.69) is 15.3 Å². The lowest BCUT2D eigenvalue weighted by molar-refractivity contribution is -0.143. The van der Waals surface area contributed by atoms with Crippen molar-refractivity contribution < 1.29 is 39.0 Å². The number of likely N-dealkylation sites (tertiary alicyclic amines) is 1. The molecule has 2 amide bonds. The molecule has 2 aromatic carbocycles. The number of aromatic nitrogens is 2. The van der Waals surface area contributed by atoms with Crippen LogP contribution in [0, 0.1) is 35.5 Å². The van der Waals surface area contributed by atoms with E-state index in [9.17, 15) is 39.0 Å². The highest BCUT2D eigenvalue weighted by Gasteiger charge is 2.40. The number of nitrogens with one attached hydrogen (secondary N) is 2. The Bertz CT molecular complexity index is 1810. The zero-order valence-electron chi connectivity index (χ0n) is 34.3. The lowest BCUT2D eigenvalue weighted by Crippen LogP contribution is -2.50. The predicted molar refractivity (Wildman–Crippen MR) is 219 cm³/mol. The van der Waals surface area contributed by atoms with E-state index in [1.807, 2.05) is 58.0 Å². The Labute approximate surface area is 341 Å². The van der Waals surface area contributed by atoms with Gasteiger partial charge < -0.3 is 31.1 Å². The molecule has 0 bridgehead atoms. The minimum atomic E-state index is -0.997. The van der Waals surface area contributed by atoms with Crippen molar-refractivity contribution in [2.24, 2.45) is 41.2 Å². The number of H-pyrrole nitrogens is 1. The third kappa shape index (κ3) is 13.2. The van der Waals surface area contributed by atoms with E-state index in [1.165, 1.54) is 18.5 Å². The summed E-state index contributed by atoms with van der Waals surface area (Å²) in [6, 6.07) is 14.1. The zero-order valence-corrected chi connectivity index (χ0v) is 34.3. The van der Waals surface area contributed by atoms with Crippen LogP contribution in [0.2, 0.25) is 0 Å². The standard InChI is InChI=1S/C45H61N5O8/c1-5-29(4)43(49-44(57)33(19-31-13-15-36(51)16-14-31)23-39(52)37(25-46)28(2)3)41(54)24-34(22-35-26-47-27-48-35)45(58)50-17-9-12-38(50)40(53)20-32(21-42(55)56)18-30-10-7-6-8-11-30/h6-8,10-11,13-16,26-29,32-34,37-38,43,51H,5,9,12,17-25,46H2,1-4H3,(H,47,48)(H,49,57)(H,55,56)/t29?,32-,33-,34-,37+,38+,43+/m1/s1. The number of nitrogens with zero attached hydrogens (tertiary/aromatic N) is 2. The Hall–Kier alpha value is -5.17. The van der Waals surface area contributed by atoms with Crippen molar-refractivity contribution >= 4 is 35.1 Å². The van der Waals surface area contributed by atoms with Gasteiger partial charge >= 0.3 is 5.97 Å². The summed E-state index contributed by atoms with van der Waals surface area (Å²) < 4.78 is 0. The van der Waals surface area contributed by atoms with Crippen LogP contribution in [0.4, 0.5) is 0 Å². The molecule has 4 rings (SSSR count). The van der Waals surface area contributed by atoms with Crippen LogP contribution in [0.15, 0.2) is 67.1 Å². The number of hydrogen-bond donors (Lipinski definition) is 5. The molecule has 0 spiro atoms. The minimum Gasteiger partial charge on any atom is -0.508 e. The second-order valence-corrected chi connectivity index (χ2v) is 16.4. The molecule has 1 aromatic heterocycles. The van der Waals surface area contributed by atoms with Crippen LogP contribution in [0.1, 0.15) is 89.5 Å². The molecule has 1 fully saturated rings. The first-order chi connectivity index (χ1) is 27.7. The number of aromatic amines is 1. The first-order valence-electron chi connectivity index (χ1n) is 20.6. The number of carbonyl (C=O) groups excluding carboxylic acids is 5. The number of carboxylic acid groups (broad SMARTS) is 1. The van der Waals surface area contributed by atoms with Gasteiger partial charge in [-0.15, -0.1) is 0 Å². The number of aliphatic carboxylic acids is 1. The van der Waals surface area contributed by atoms with Crippen molar-refractivity contribution in [1.29, 1.82) is 0 Å². The van der Waals surface area contributed by atoms with Gasteiger partial charge in [-0.25, -0.2) is 4.98 Å². The second-order valence-electron chi connectivity index (χ2n) is 16.4. The Morgan fingerprint density at radius 1 is 0.879 bits per heavy atom. The molecule has 0 radical (unpaired) electrons. The van der Waals surface area contributed by atoms with Crippen LogP contribution in [0.25, 0.3) is 0 Å². The summed E-state index contributed by atoms with van der Waals surface area (Å²) in [4.78, 5) is 90.9. The van der Waals surface area contributed by atoms with Crippen LogP contribution in [0.3, 0.4) is 0 Å². The summed E-state index contributed by atoms with van der Waals surface area (Å²) in [6.07, 6.45) is 4.91. The molecule has 58 heavy (non-hydrogen) atoms. The first-order valence-corrected chi connectivity index (χ1v) is 20.6. The van der Waals surface area contributed by atoms with E-state index < -0.39 is 47.6 Å². The lowest BCUT2D eigenvalue weighted by Gasteiger charge is -2.31. The first kappa shape index (κ1) is 45.5. The number of nitrogens with two attached hydrogens (primary N) is 1. The fourth-order valence-electron chi connectivity index (χ4n) is 8.10. The van der Waals surface area contributed by atoms with Crippen LogP contribution >= 0.6 is 0 Å². The molecule has 2 heterocycles. The summed E-state index contributed by atoms with van der Waals surface area (Å²) in [5.41, 5.74) is 8.25. The molecule has 1 unspecified atom stereocenters. The zero-order chi connectivity index (χ0) is 42.4. The molecule has 314 valence electrons. The average Bonchev–Trinajstić information content (AvgIpc) is 3.90. The molecular weight excluding hydrogens is 739 g/mol. The number of benzene rings is 2. The summed E-state index contributed by atoms with van der Waals surface area (Å²) in [5, 5.41) is 22.5. The lowest BCUT2D eigenvalue weighted by atomic mass is 9.83. The van der Waals surface area contributed by atoms with Crippen molar-refractivity contribution in [3.63, 3.8) is 0 Å². The van der Waals surface area contributed by atoms with Gasteiger partial charge in [0.2, 0.25) is 11.8 Å². The number of imidazole rings is 1. The Morgan fingerprint density at radius 2 is 1.55 bits per heavy atom. The van der Waals surface area contributed by atoms with Crippen molar-refractivity contribution in [2.45, 2.75) is 104 Å². The number of Topliss-reactive ketones (excluding diaryl/α,β-unsaturated/α-hetero) is 3. The highest BCUT2D eigenvalue weighted by atomic mass is 16.4. The summed E-state index contributed by atoms with van der Waals surface area (Å²) in [6.45, 7) is 8.05. The van der Waals surface area contributed by atoms with E-state index in [1.54, 1.807) is 23.2 Å². The fourth-order valence-corrected chi connectivity index (χ4v) is 8.10. The van der Waals surface area contributed by atoms with E-state index >= 15 is 0 Å². The number of carboxylic acids is 1. The molecule has 1 aliphatic rings. The quantitative estimate of drug-likeness (QED) is 0.0809. The van der Waals surface area contributed by atoms with E-state index in [-0.39, 0.29) is 85.9 Å². The van der Waals surface area contributed by atoms with E-state index in [0.29, 0.717) is 37.9 Å². The van der Waals surface area contributed by atoms with Gasteiger partial charge in [0.05, 0.1) is 24.3 Å². The summed E-state index contributed by atoms with van der Waals surface area (Å²) in [7, 11) is 0. The number of phenolic OH excluding ortho intramolecular Hbond substituents is 1. The van der Waals surface area contributed by atoms with Gasteiger partial charge in [-0.05, 0) is 66.7 Å². The monoisotopic (exact) mass is 799 g/mol. The minimum absolute atomic E-state index is 0.00108. The Kier molecular flexibility index (Phi) is 17.4. The van der Waals surface area contributed by atoms with Crippen molar-refractivity contribution in [2.75, 3.05) is 13.1 Å². The van der Waals surface area contributed by atoms with Gasteiger partial charge in [-0.1, -0.05) is 76.6 Å². The number of ketones is 3. The third-order valence-corrected chi connectivity index (χ3v) is 11.6. The van der Waals surface area contributed by atoms with Crippen LogP contribution in [0.5, 0.6) is 5.75 Å². The molecule has 0 saturated carbocycles. The van der Waals surface area contributed by atoms with Crippen molar-refractivity contribution in [3.05, 3.63) is 83.9 Å². The molecule has 0 aliphatic carbocycles. The smallest absolute Gasteiger partial charge is 0.303 e. The summed E-state index contributed by atoms with van der Waals surface area (Å²) in [5.74, 6) is -5.37. The molecule has 7 atom stereocenters. The van der Waals surface area contributed by atoms with Gasteiger partial charge in [-0.2, -0.15) is 0 Å². The topological polar surface area (TPSA) is 213 Å². The summed E-state index contributed by atoms with van der Waals surface area (Å²) >= 11 is 0. The van der Waals surface area contributed by atoms with Gasteiger partial charge in [0.1, 0.15) is 11.5 Å². The van der Waals surface area contributed by atoms with Crippen molar-refractivity contribution in [3.8, 4) is 5.75 Å². The van der Waals surface area contributed by atoms with Gasteiger partial charge in [0.15, 0.2) is 11.6 Å². The maximum absolute atomic E-state index is 14.5. The number of amides is 2. The van der Waals surface area contributed by atoms with Gasteiger partial charge in [-0.3, -0.25) is 28.8 Å². The maximum Gasteiger partial charge on any atom is 0.303 e. The molecule has 13 heteroatoms. The highest BCUT2D eigenvalue weighted by Crippen LogP contribution is 2.29. The Balaban J connectivity index is 1.56. The number of phenols is 1. The fraction of sp³-hybridized carbons (Fsp3) is 0.533. The average molecular weight is 800 g/mol. The number of carbonyl (C=O) groups is 6. The molecule has 13 nitrogen and oxygen atoms in total. The number of rotatable bonds is 24. The Morgan fingerprint density at radius 3 is 2.16 bits per heavy atom. The molecule has 1 aliphatic heterocycles. The molecular formula is C45H61N5O8. The van der Waals surface area contributed by atoms with Crippen LogP contribution in [-0.2, 0) is 48.0 Å². The highest BCUT2D eigenvalue weighted by molar-refractivity contribution is 5.96. The van der Waals surface area contributed by atoms with Crippen LogP contribution < -0.4 is 11.1 Å². The van der Waals surface area contributed by atoms with Gasteiger partial charge in [0, 0.05) is 68.9 Å². The van der Waals surface area contributed by atoms with Crippen molar-refractivity contribution in [1.82, 2.24) is 20.2 Å². The largest absolute Gasteiger partial charge is 0.508 e. The second kappa shape index (κ2) is 22.1. The van der Waals surface area contributed by atoms with E-state index in [0.717, 1.165) is 11.1 Å². The van der Waals surface area contributed by atoms with Gasteiger partial charge in [0.25, 0.3) is 0 Å². The van der Waals surface area contributed by atoms with E-state index in [4.69, 9.17) is 5.73 Å². The normalized spacial score (nSPS) is 17.2. The maximum atomic E-state index is 14.5. The van der Waals surface area contributed by atoms with Crippen LogP contribution in [-0.4, -0.2) is 85.4 Å². The SMILES string of the molecule is CCC(C)[C@H](NC(=O)[C@@H](CC(=O)[C@@H](CN)C(C)C)Cc1ccc(O)cc1)C(=O)C[C@@H](Cc1cnc[nH]1)C(=O)N1CCC[C@H]1C(=O)C[C@H](CC(=O)O)Cc1ccccc1. The predicted octanol–water partition coefficient (Wildman–Crippen LogP) is 5.10. The molecule has 3 aromatic rings. The molecule has 6 N–H and O–H groups in total. The molecule has 1 saturated heterocycles. The number of hydrogen-bond acceptors (Lipinski definition) is 9. The number of aromatic hydroxyl groups is 1.